The van der Waals surface area contributed by atoms with Crippen LogP contribution in [0.15, 0.2) is 12.0 Å². The van der Waals surface area contributed by atoms with E-state index in [0.29, 0.717) is 5.11 Å². The molecule has 3 N–H and O–H groups in total. The van der Waals surface area contributed by atoms with E-state index in [1.54, 1.807) is 17.2 Å². The Morgan fingerprint density at radius 1 is 1.89 bits per heavy atom. The topological polar surface area (TPSA) is 38.0 Å². The molecular weight excluding hydrogens is 152 g/mol. The van der Waals surface area contributed by atoms with Gasteiger partial charge in [0.25, 0.3) is 0 Å². The molecule has 0 saturated heterocycles. The number of thiocarbonyl (C=S) groups is 1. The summed E-state index contributed by atoms with van der Waals surface area (Å²) in [6.45, 7) is 4.36. The molecule has 52 valence electrons. The summed E-state index contributed by atoms with van der Waals surface area (Å²) < 4.78 is 0. The van der Waals surface area contributed by atoms with E-state index < -0.39 is 0 Å². The van der Waals surface area contributed by atoms with Crippen LogP contribution in [-0.2, 0) is 0 Å². The van der Waals surface area contributed by atoms with Crippen LogP contribution >= 0.6 is 24.0 Å². The van der Waals surface area contributed by atoms with Gasteiger partial charge in [-0.1, -0.05) is 6.58 Å². The minimum absolute atomic E-state index is 0.361. The molecule has 0 aliphatic heterocycles. The maximum Gasteiger partial charge on any atom is 0.163 e. The average molecular weight is 162 g/mol. The number of nitrogens with one attached hydrogen (secondary N) is 1. The molecular formula is C5H10N2S2. The van der Waals surface area contributed by atoms with Crippen molar-refractivity contribution in [2.75, 3.05) is 12.3 Å². The zero-order valence-corrected chi connectivity index (χ0v) is 6.73. The second-order valence-corrected chi connectivity index (χ2v) is 2.84. The molecule has 0 aliphatic rings. The zero-order valence-electron chi connectivity index (χ0n) is 5.09. The molecule has 2 nitrogen and oxygen atoms in total. The van der Waals surface area contributed by atoms with Crippen LogP contribution in [-0.4, -0.2) is 17.4 Å². The first kappa shape index (κ1) is 8.78. The van der Waals surface area contributed by atoms with Crippen molar-refractivity contribution in [1.29, 1.82) is 0 Å². The second-order valence-electron chi connectivity index (χ2n) is 1.33. The molecule has 4 heteroatoms. The van der Waals surface area contributed by atoms with Crippen molar-refractivity contribution in [1.82, 2.24) is 5.32 Å². The van der Waals surface area contributed by atoms with Gasteiger partial charge in [-0.25, -0.2) is 0 Å². The van der Waals surface area contributed by atoms with E-state index in [9.17, 15) is 0 Å². The first-order chi connectivity index (χ1) is 4.27. The van der Waals surface area contributed by atoms with Gasteiger partial charge >= 0.3 is 0 Å². The molecule has 9 heavy (non-hydrogen) atoms. The SMILES string of the molecule is C=CSCCNC(N)=S. The molecule has 0 heterocycles. The van der Waals surface area contributed by atoms with Crippen molar-refractivity contribution in [3.8, 4) is 0 Å². The van der Waals surface area contributed by atoms with Crippen molar-refractivity contribution < 1.29 is 0 Å². The Hall–Kier alpha value is -0.220. The largest absolute Gasteiger partial charge is 0.376 e. The van der Waals surface area contributed by atoms with Gasteiger partial charge in [0.05, 0.1) is 0 Å². The molecule has 0 saturated carbocycles. The first-order valence-electron chi connectivity index (χ1n) is 2.53. The van der Waals surface area contributed by atoms with Crippen molar-refractivity contribution in [3.05, 3.63) is 12.0 Å². The van der Waals surface area contributed by atoms with Crippen LogP contribution in [0.25, 0.3) is 0 Å². The van der Waals surface area contributed by atoms with E-state index in [1.165, 1.54) is 0 Å². The van der Waals surface area contributed by atoms with E-state index in [4.69, 9.17) is 5.73 Å². The highest BCUT2D eigenvalue weighted by Gasteiger charge is 1.84. The van der Waals surface area contributed by atoms with Crippen molar-refractivity contribution in [3.63, 3.8) is 0 Å². The molecule has 0 unspecified atom stereocenters. The summed E-state index contributed by atoms with van der Waals surface area (Å²) in [6.07, 6.45) is 0. The van der Waals surface area contributed by atoms with Crippen LogP contribution in [0.1, 0.15) is 0 Å². The molecule has 0 aliphatic carbocycles. The van der Waals surface area contributed by atoms with Crippen LogP contribution in [0.5, 0.6) is 0 Å². The lowest BCUT2D eigenvalue weighted by molar-refractivity contribution is 0.985. The average Bonchev–Trinajstić information content (AvgIpc) is 1.80. The predicted molar refractivity (Wildman–Crippen MR) is 47.4 cm³/mol. The van der Waals surface area contributed by atoms with Gasteiger partial charge in [-0.15, -0.1) is 11.8 Å². The number of thioether (sulfide) groups is 1. The normalized spacial score (nSPS) is 8.44. The number of rotatable bonds is 4. The predicted octanol–water partition coefficient (Wildman–Crippen LogP) is 0.696. The molecule has 0 spiro atoms. The lowest BCUT2D eigenvalue weighted by atomic mass is 10.7. The molecule has 0 amide bonds. The summed E-state index contributed by atoms with van der Waals surface area (Å²) in [5.41, 5.74) is 5.16. The summed E-state index contributed by atoms with van der Waals surface area (Å²) in [5, 5.41) is 4.97. The standard InChI is InChI=1S/C5H10N2S2/c1-2-9-4-3-7-5(6)8/h2H,1,3-4H2,(H3,6,7,8). The number of hydrogen-bond donors (Lipinski definition) is 2. The van der Waals surface area contributed by atoms with Crippen LogP contribution in [0.4, 0.5) is 0 Å². The lowest BCUT2D eigenvalue weighted by Gasteiger charge is -1.99. The van der Waals surface area contributed by atoms with Crippen LogP contribution in [0, 0.1) is 0 Å². The Labute approximate surface area is 64.9 Å². The highest BCUT2D eigenvalue weighted by Crippen LogP contribution is 1.95. The van der Waals surface area contributed by atoms with Gasteiger partial charge in [0.15, 0.2) is 5.11 Å². The van der Waals surface area contributed by atoms with Crippen LogP contribution in [0.3, 0.4) is 0 Å². The zero-order chi connectivity index (χ0) is 7.11. The Morgan fingerprint density at radius 3 is 3.00 bits per heavy atom. The third-order valence-corrected chi connectivity index (χ3v) is 1.46. The second kappa shape index (κ2) is 5.91. The summed E-state index contributed by atoms with van der Waals surface area (Å²) in [6, 6.07) is 0. The van der Waals surface area contributed by atoms with Gasteiger partial charge in [-0.05, 0) is 17.6 Å². The molecule has 0 radical (unpaired) electrons. The fourth-order valence-corrected chi connectivity index (χ4v) is 0.805. The van der Waals surface area contributed by atoms with Crippen molar-refractivity contribution in [2.45, 2.75) is 0 Å². The Morgan fingerprint density at radius 2 is 2.56 bits per heavy atom. The first-order valence-corrected chi connectivity index (χ1v) is 3.99. The smallest absolute Gasteiger partial charge is 0.163 e. The summed E-state index contributed by atoms with van der Waals surface area (Å²) >= 11 is 6.21. The summed E-state index contributed by atoms with van der Waals surface area (Å²) in [7, 11) is 0. The monoisotopic (exact) mass is 162 g/mol. The highest BCUT2D eigenvalue weighted by atomic mass is 32.2. The molecule has 0 bridgehead atoms. The number of hydrogen-bond acceptors (Lipinski definition) is 2. The van der Waals surface area contributed by atoms with Gasteiger partial charge < -0.3 is 11.1 Å². The fourth-order valence-electron chi connectivity index (χ4n) is 0.316. The van der Waals surface area contributed by atoms with Gasteiger partial charge in [0, 0.05) is 12.3 Å². The molecule has 0 atom stereocenters. The van der Waals surface area contributed by atoms with Gasteiger partial charge in [-0.2, -0.15) is 0 Å². The van der Waals surface area contributed by atoms with E-state index in [1.807, 2.05) is 0 Å². The van der Waals surface area contributed by atoms with Crippen LogP contribution < -0.4 is 11.1 Å². The van der Waals surface area contributed by atoms with Crippen molar-refractivity contribution >= 4 is 29.1 Å². The fraction of sp³-hybridized carbons (Fsp3) is 0.400. The van der Waals surface area contributed by atoms with Gasteiger partial charge in [0.2, 0.25) is 0 Å². The molecule has 0 aromatic carbocycles. The van der Waals surface area contributed by atoms with Crippen LogP contribution in [0.2, 0.25) is 0 Å². The Bertz CT molecular complexity index is 103. The highest BCUT2D eigenvalue weighted by molar-refractivity contribution is 8.02. The summed E-state index contributed by atoms with van der Waals surface area (Å²) in [4.78, 5) is 0. The molecule has 0 aromatic heterocycles. The quantitative estimate of drug-likeness (QED) is 0.471. The molecule has 0 rings (SSSR count). The minimum Gasteiger partial charge on any atom is -0.376 e. The molecule has 0 aromatic rings. The maximum atomic E-state index is 5.16. The minimum atomic E-state index is 0.361. The van der Waals surface area contributed by atoms with E-state index in [2.05, 4.69) is 24.1 Å². The van der Waals surface area contributed by atoms with Gasteiger partial charge in [0.1, 0.15) is 0 Å². The summed E-state index contributed by atoms with van der Waals surface area (Å²) in [5.74, 6) is 0.959. The molecule has 0 fully saturated rings. The third-order valence-electron chi connectivity index (χ3n) is 0.637. The third kappa shape index (κ3) is 7.78. The Balaban J connectivity index is 2.91. The van der Waals surface area contributed by atoms with E-state index in [-0.39, 0.29) is 0 Å². The van der Waals surface area contributed by atoms with E-state index in [0.717, 1.165) is 12.3 Å². The van der Waals surface area contributed by atoms with E-state index >= 15 is 0 Å². The van der Waals surface area contributed by atoms with Crippen molar-refractivity contribution in [2.24, 2.45) is 5.73 Å². The number of nitrogens with two attached hydrogens (primary N) is 1. The lowest BCUT2D eigenvalue weighted by Crippen LogP contribution is -2.30. The Kier molecular flexibility index (Phi) is 5.76. The maximum absolute atomic E-state index is 5.16. The van der Waals surface area contributed by atoms with Gasteiger partial charge in [-0.3, -0.25) is 0 Å².